The maximum absolute atomic E-state index is 5.73. The first-order valence-corrected chi connectivity index (χ1v) is 7.33. The van der Waals surface area contributed by atoms with Gasteiger partial charge in [-0.2, -0.15) is 0 Å². The Bertz CT molecular complexity index is 357. The number of halogens is 1. The summed E-state index contributed by atoms with van der Waals surface area (Å²) in [6.07, 6.45) is 4.58. The summed E-state index contributed by atoms with van der Waals surface area (Å²) < 4.78 is 5.73. The lowest BCUT2D eigenvalue weighted by molar-refractivity contribution is 0.0525. The van der Waals surface area contributed by atoms with Gasteiger partial charge in [0.1, 0.15) is 5.82 Å². The van der Waals surface area contributed by atoms with E-state index in [9.17, 15) is 0 Å². The molecule has 2 rings (SSSR count). The van der Waals surface area contributed by atoms with Crippen molar-refractivity contribution in [1.29, 1.82) is 0 Å². The summed E-state index contributed by atoms with van der Waals surface area (Å²) >= 11 is 3.52. The Kier molecular flexibility index (Phi) is 4.80. The number of piperidine rings is 1. The van der Waals surface area contributed by atoms with E-state index in [1.165, 1.54) is 18.4 Å². The van der Waals surface area contributed by atoms with Gasteiger partial charge in [0, 0.05) is 36.8 Å². The van der Waals surface area contributed by atoms with Gasteiger partial charge in [-0.25, -0.2) is 4.98 Å². The fourth-order valence-electron chi connectivity index (χ4n) is 2.32. The van der Waals surface area contributed by atoms with Gasteiger partial charge in [-0.05, 0) is 25.8 Å². The molecule has 4 heteroatoms. The average molecular weight is 299 g/mol. The van der Waals surface area contributed by atoms with Crippen LogP contribution in [0.2, 0.25) is 0 Å². The van der Waals surface area contributed by atoms with Gasteiger partial charge in [0.25, 0.3) is 0 Å². The number of pyridine rings is 1. The molecule has 94 valence electrons. The number of hydrogen-bond acceptors (Lipinski definition) is 3. The predicted octanol–water partition coefficient (Wildman–Crippen LogP) is 2.98. The van der Waals surface area contributed by atoms with E-state index < -0.39 is 0 Å². The third kappa shape index (κ3) is 3.19. The lowest BCUT2D eigenvalue weighted by atomic mass is 10.1. The molecule has 1 fully saturated rings. The van der Waals surface area contributed by atoms with Crippen LogP contribution in [0, 0.1) is 0 Å². The summed E-state index contributed by atoms with van der Waals surface area (Å²) in [5.41, 5.74) is 1.25. The SMILES string of the molecule is CCOC1CCCN(c2ncccc2CBr)C1. The molecule has 1 aromatic rings. The van der Waals surface area contributed by atoms with Crippen LogP contribution in [0.3, 0.4) is 0 Å². The lowest BCUT2D eigenvalue weighted by Gasteiger charge is -2.34. The molecule has 0 aromatic carbocycles. The Morgan fingerprint density at radius 2 is 2.47 bits per heavy atom. The fraction of sp³-hybridized carbons (Fsp3) is 0.615. The van der Waals surface area contributed by atoms with Crippen molar-refractivity contribution in [2.45, 2.75) is 31.2 Å². The monoisotopic (exact) mass is 298 g/mol. The topological polar surface area (TPSA) is 25.4 Å². The van der Waals surface area contributed by atoms with E-state index in [-0.39, 0.29) is 0 Å². The summed E-state index contributed by atoms with van der Waals surface area (Å²) in [6, 6.07) is 4.12. The van der Waals surface area contributed by atoms with E-state index in [0.717, 1.165) is 30.8 Å². The lowest BCUT2D eigenvalue weighted by Crippen LogP contribution is -2.40. The molecule has 1 aliphatic heterocycles. The van der Waals surface area contributed by atoms with Crippen LogP contribution in [0.4, 0.5) is 5.82 Å². The molecule has 1 atom stereocenters. The number of hydrogen-bond donors (Lipinski definition) is 0. The summed E-state index contributed by atoms with van der Waals surface area (Å²) in [7, 11) is 0. The van der Waals surface area contributed by atoms with Gasteiger partial charge in [-0.3, -0.25) is 0 Å². The first-order valence-electron chi connectivity index (χ1n) is 6.21. The Hall–Kier alpha value is -0.610. The Morgan fingerprint density at radius 1 is 1.59 bits per heavy atom. The average Bonchev–Trinajstić information content (AvgIpc) is 2.39. The smallest absolute Gasteiger partial charge is 0.132 e. The minimum atomic E-state index is 0.360. The summed E-state index contributed by atoms with van der Waals surface area (Å²) in [4.78, 5) is 6.86. The summed E-state index contributed by atoms with van der Waals surface area (Å²) in [5.74, 6) is 1.11. The molecule has 0 N–H and O–H groups in total. The number of rotatable bonds is 4. The minimum Gasteiger partial charge on any atom is -0.377 e. The van der Waals surface area contributed by atoms with Gasteiger partial charge in [0.2, 0.25) is 0 Å². The van der Waals surface area contributed by atoms with Crippen LogP contribution >= 0.6 is 15.9 Å². The molecule has 0 amide bonds. The molecular weight excluding hydrogens is 280 g/mol. The van der Waals surface area contributed by atoms with Crippen molar-refractivity contribution in [3.63, 3.8) is 0 Å². The molecule has 0 saturated carbocycles. The normalized spacial score (nSPS) is 20.6. The van der Waals surface area contributed by atoms with Crippen LogP contribution < -0.4 is 4.90 Å². The molecule has 1 unspecified atom stereocenters. The Morgan fingerprint density at radius 3 is 3.24 bits per heavy atom. The van der Waals surface area contributed by atoms with E-state index in [0.29, 0.717) is 6.10 Å². The van der Waals surface area contributed by atoms with Crippen molar-refractivity contribution in [2.24, 2.45) is 0 Å². The fourth-order valence-corrected chi connectivity index (χ4v) is 2.76. The first-order chi connectivity index (χ1) is 8.35. The second-order valence-corrected chi connectivity index (χ2v) is 4.85. The Balaban J connectivity index is 2.10. The van der Waals surface area contributed by atoms with Crippen LogP contribution in [-0.4, -0.2) is 30.8 Å². The zero-order chi connectivity index (χ0) is 12.1. The van der Waals surface area contributed by atoms with Gasteiger partial charge in [0.05, 0.1) is 6.10 Å². The van der Waals surface area contributed by atoms with Crippen molar-refractivity contribution in [2.75, 3.05) is 24.6 Å². The number of ether oxygens (including phenoxy) is 1. The predicted molar refractivity (Wildman–Crippen MR) is 73.7 cm³/mol. The number of anilines is 1. The Labute approximate surface area is 111 Å². The highest BCUT2D eigenvalue weighted by Gasteiger charge is 2.22. The van der Waals surface area contributed by atoms with E-state index >= 15 is 0 Å². The van der Waals surface area contributed by atoms with Crippen LogP contribution in [0.15, 0.2) is 18.3 Å². The van der Waals surface area contributed by atoms with Crippen LogP contribution in [0.1, 0.15) is 25.3 Å². The van der Waals surface area contributed by atoms with Crippen LogP contribution in [0.5, 0.6) is 0 Å². The third-order valence-corrected chi connectivity index (χ3v) is 3.70. The molecule has 1 aromatic heterocycles. The maximum Gasteiger partial charge on any atom is 0.132 e. The van der Waals surface area contributed by atoms with Crippen LogP contribution in [0.25, 0.3) is 0 Å². The molecule has 1 saturated heterocycles. The van der Waals surface area contributed by atoms with Gasteiger partial charge < -0.3 is 9.64 Å². The van der Waals surface area contributed by atoms with Crippen molar-refractivity contribution in [3.8, 4) is 0 Å². The van der Waals surface area contributed by atoms with Crippen LogP contribution in [-0.2, 0) is 10.1 Å². The number of nitrogens with zero attached hydrogens (tertiary/aromatic N) is 2. The molecule has 3 nitrogen and oxygen atoms in total. The molecular formula is C13H19BrN2O. The van der Waals surface area contributed by atoms with E-state index in [2.05, 4.69) is 38.8 Å². The van der Waals surface area contributed by atoms with Crippen molar-refractivity contribution < 1.29 is 4.74 Å². The highest BCUT2D eigenvalue weighted by molar-refractivity contribution is 9.08. The van der Waals surface area contributed by atoms with Gasteiger partial charge in [-0.1, -0.05) is 22.0 Å². The number of alkyl halides is 1. The summed E-state index contributed by atoms with van der Waals surface area (Å²) in [6.45, 7) is 4.90. The molecule has 17 heavy (non-hydrogen) atoms. The second kappa shape index (κ2) is 6.36. The second-order valence-electron chi connectivity index (χ2n) is 4.29. The maximum atomic E-state index is 5.73. The van der Waals surface area contributed by atoms with Gasteiger partial charge >= 0.3 is 0 Å². The van der Waals surface area contributed by atoms with Crippen molar-refractivity contribution >= 4 is 21.7 Å². The van der Waals surface area contributed by atoms with E-state index in [1.54, 1.807) is 0 Å². The molecule has 0 bridgehead atoms. The van der Waals surface area contributed by atoms with Gasteiger partial charge in [-0.15, -0.1) is 0 Å². The molecule has 1 aliphatic rings. The van der Waals surface area contributed by atoms with E-state index in [1.807, 2.05) is 12.3 Å². The third-order valence-electron chi connectivity index (χ3n) is 3.09. The molecule has 0 aliphatic carbocycles. The zero-order valence-corrected chi connectivity index (χ0v) is 11.8. The first kappa shape index (κ1) is 12.8. The van der Waals surface area contributed by atoms with E-state index in [4.69, 9.17) is 4.74 Å². The molecule has 0 radical (unpaired) electrons. The minimum absolute atomic E-state index is 0.360. The quantitative estimate of drug-likeness (QED) is 0.799. The largest absolute Gasteiger partial charge is 0.377 e. The standard InChI is InChI=1S/C13H19BrN2O/c1-2-17-12-6-4-8-16(10-12)13-11(9-14)5-3-7-15-13/h3,5,7,12H,2,4,6,8-10H2,1H3. The highest BCUT2D eigenvalue weighted by atomic mass is 79.9. The summed E-state index contributed by atoms with van der Waals surface area (Å²) in [5, 5.41) is 0.853. The van der Waals surface area contributed by atoms with Gasteiger partial charge in [0.15, 0.2) is 0 Å². The highest BCUT2D eigenvalue weighted by Crippen LogP contribution is 2.24. The zero-order valence-electron chi connectivity index (χ0n) is 10.2. The number of aromatic nitrogens is 1. The van der Waals surface area contributed by atoms with Crippen molar-refractivity contribution in [1.82, 2.24) is 4.98 Å². The molecule has 0 spiro atoms. The molecule has 2 heterocycles. The van der Waals surface area contributed by atoms with Crippen molar-refractivity contribution in [3.05, 3.63) is 23.9 Å².